The Balaban J connectivity index is 1.33. The molecule has 0 aliphatic heterocycles. The first kappa shape index (κ1) is 35.3. The van der Waals surface area contributed by atoms with Gasteiger partial charge in [0.25, 0.3) is 0 Å². The van der Waals surface area contributed by atoms with Gasteiger partial charge in [0.05, 0.1) is 38.1 Å². The van der Waals surface area contributed by atoms with E-state index in [1.54, 1.807) is 0 Å². The van der Waals surface area contributed by atoms with Crippen LogP contribution in [-0.2, 0) is 20.8 Å². The average molecular weight is 627 g/mol. The topological polar surface area (TPSA) is 109 Å². The number of nitrogens with zero attached hydrogens (tertiary/aromatic N) is 1. The summed E-state index contributed by atoms with van der Waals surface area (Å²) in [5.74, 6) is 3.69. The van der Waals surface area contributed by atoms with Gasteiger partial charge in [-0.05, 0) is 118 Å². The Morgan fingerprint density at radius 2 is 1.58 bits per heavy atom. The Hall–Kier alpha value is -1.06. The summed E-state index contributed by atoms with van der Waals surface area (Å²) in [5.41, 5.74) is 19.7. The first-order valence-electron chi connectivity index (χ1n) is 18.4. The lowest BCUT2D eigenvalue weighted by atomic mass is 9.43. The van der Waals surface area contributed by atoms with Gasteiger partial charge < -0.3 is 36.3 Å². The normalized spacial score (nSPS) is 38.5. The monoisotopic (exact) mass is 627 g/mol. The molecule has 0 amide bonds. The van der Waals surface area contributed by atoms with E-state index in [2.05, 4.69) is 63.1 Å². The van der Waals surface area contributed by atoms with Crippen LogP contribution in [-0.4, -0.2) is 76.3 Å². The second-order valence-electron chi connectivity index (χ2n) is 15.8. The largest absolute Gasteiger partial charge is 0.377 e. The minimum absolute atomic E-state index is 0.140. The van der Waals surface area contributed by atoms with Crippen LogP contribution >= 0.6 is 0 Å². The van der Waals surface area contributed by atoms with E-state index in [0.29, 0.717) is 81.1 Å². The van der Waals surface area contributed by atoms with Crippen molar-refractivity contribution in [2.75, 3.05) is 53.0 Å². The lowest BCUT2D eigenvalue weighted by molar-refractivity contribution is -0.226. The maximum atomic E-state index is 6.87. The fourth-order valence-electron chi connectivity index (χ4n) is 11.2. The van der Waals surface area contributed by atoms with E-state index < -0.39 is 0 Å². The summed E-state index contributed by atoms with van der Waals surface area (Å²) in [5, 5.41) is 0. The van der Waals surface area contributed by atoms with Crippen LogP contribution in [0.3, 0.4) is 0 Å². The van der Waals surface area contributed by atoms with Gasteiger partial charge in [-0.3, -0.25) is 0 Å². The highest BCUT2D eigenvalue weighted by atomic mass is 16.5. The highest BCUT2D eigenvalue weighted by Gasteiger charge is 2.66. The van der Waals surface area contributed by atoms with Crippen molar-refractivity contribution in [1.82, 2.24) is 4.90 Å². The maximum Gasteiger partial charge on any atom is 0.0637 e. The fourth-order valence-corrected chi connectivity index (χ4v) is 11.2. The Morgan fingerprint density at radius 1 is 0.867 bits per heavy atom. The molecule has 4 aliphatic carbocycles. The molecule has 1 aromatic carbocycles. The van der Waals surface area contributed by atoms with Gasteiger partial charge in [-0.1, -0.05) is 51.1 Å². The van der Waals surface area contributed by atoms with Crippen molar-refractivity contribution in [3.05, 3.63) is 35.9 Å². The molecule has 0 heterocycles. The summed E-state index contributed by atoms with van der Waals surface area (Å²) in [7, 11) is 2.26. The third kappa shape index (κ3) is 7.50. The van der Waals surface area contributed by atoms with E-state index in [9.17, 15) is 0 Å². The van der Waals surface area contributed by atoms with Crippen LogP contribution < -0.4 is 17.2 Å². The quantitative estimate of drug-likeness (QED) is 0.224. The number of fused-ring (bicyclic) bond motifs is 5. The fraction of sp³-hybridized carbons (Fsp3) is 0.842. The summed E-state index contributed by atoms with van der Waals surface area (Å²) in [6.45, 7) is 13.6. The zero-order chi connectivity index (χ0) is 32.0. The standard InChI is InChI=1S/C38H66N4O3/c1-27(9-8-19-42(4)26-28-10-6-5-7-11-28)31-12-13-32-36-33(25-35(38(31,32)3)45-22-18-41)37(2)15-14-30(43-20-16-39)23-29(37)24-34(36)44-21-17-40/h5-7,10-11,27,29-36H,8-9,12-26,39-41H2,1-4H3/t27?,29?,30-,31-,32+,33+,34?,35+,36?,37+,38-/m1/s1. The van der Waals surface area contributed by atoms with Gasteiger partial charge in [0.2, 0.25) is 0 Å². The van der Waals surface area contributed by atoms with Crippen LogP contribution in [0.1, 0.15) is 84.1 Å². The molecule has 11 atom stereocenters. The molecule has 4 aliphatic rings. The summed E-state index contributed by atoms with van der Waals surface area (Å²) in [6.07, 6.45) is 11.7. The lowest BCUT2D eigenvalue weighted by Gasteiger charge is -2.64. The molecule has 5 rings (SSSR count). The van der Waals surface area contributed by atoms with Crippen LogP contribution in [0.5, 0.6) is 0 Å². The number of rotatable bonds is 16. The average Bonchev–Trinajstić information content (AvgIpc) is 3.40. The van der Waals surface area contributed by atoms with E-state index in [0.717, 1.165) is 38.8 Å². The number of hydrogen-bond donors (Lipinski definition) is 3. The Kier molecular flexibility index (Phi) is 12.4. The zero-order valence-electron chi connectivity index (χ0n) is 29.0. The third-order valence-corrected chi connectivity index (χ3v) is 13.3. The van der Waals surface area contributed by atoms with Crippen LogP contribution in [0.15, 0.2) is 30.3 Å². The summed E-state index contributed by atoms with van der Waals surface area (Å²) in [6, 6.07) is 10.8. The predicted octanol–water partition coefficient (Wildman–Crippen LogP) is 5.45. The second-order valence-corrected chi connectivity index (χ2v) is 15.8. The van der Waals surface area contributed by atoms with Gasteiger partial charge in [0, 0.05) is 31.6 Å². The first-order valence-corrected chi connectivity index (χ1v) is 18.4. The minimum atomic E-state index is 0.140. The van der Waals surface area contributed by atoms with Crippen molar-refractivity contribution >= 4 is 0 Å². The summed E-state index contributed by atoms with van der Waals surface area (Å²) < 4.78 is 19.9. The summed E-state index contributed by atoms with van der Waals surface area (Å²) >= 11 is 0. The van der Waals surface area contributed by atoms with Crippen molar-refractivity contribution in [3.8, 4) is 0 Å². The molecule has 6 N–H and O–H groups in total. The third-order valence-electron chi connectivity index (χ3n) is 13.3. The number of hydrogen-bond acceptors (Lipinski definition) is 7. The molecule has 0 aromatic heterocycles. The SMILES string of the molecule is CC(CCCN(C)Cc1ccccc1)[C@H]1CC[C@H]2C3C(OCCN)CC4C[C@H](OCCN)CC[C@]4(C)[C@H]3C[C@H](OCCN)[C@]12C. The Labute approximate surface area is 274 Å². The molecule has 0 saturated heterocycles. The van der Waals surface area contributed by atoms with Crippen molar-refractivity contribution in [2.24, 2.45) is 63.5 Å². The van der Waals surface area contributed by atoms with E-state index >= 15 is 0 Å². The number of nitrogens with two attached hydrogens (primary N) is 3. The van der Waals surface area contributed by atoms with Crippen molar-refractivity contribution in [2.45, 2.75) is 103 Å². The number of benzene rings is 1. The van der Waals surface area contributed by atoms with Crippen molar-refractivity contribution < 1.29 is 14.2 Å². The molecule has 0 bridgehead atoms. The van der Waals surface area contributed by atoms with Crippen LogP contribution in [0.2, 0.25) is 0 Å². The molecular weight excluding hydrogens is 560 g/mol. The number of ether oxygens (including phenoxy) is 3. The molecule has 45 heavy (non-hydrogen) atoms. The zero-order valence-corrected chi connectivity index (χ0v) is 29.0. The molecule has 0 spiro atoms. The van der Waals surface area contributed by atoms with Crippen molar-refractivity contribution in [3.63, 3.8) is 0 Å². The molecule has 256 valence electrons. The van der Waals surface area contributed by atoms with Gasteiger partial charge in [0.1, 0.15) is 0 Å². The van der Waals surface area contributed by atoms with Crippen LogP contribution in [0, 0.1) is 46.3 Å². The van der Waals surface area contributed by atoms with Gasteiger partial charge in [-0.15, -0.1) is 0 Å². The van der Waals surface area contributed by atoms with Gasteiger partial charge in [0.15, 0.2) is 0 Å². The summed E-state index contributed by atoms with van der Waals surface area (Å²) in [4.78, 5) is 2.48. The van der Waals surface area contributed by atoms with E-state index in [-0.39, 0.29) is 23.0 Å². The van der Waals surface area contributed by atoms with E-state index in [1.165, 1.54) is 37.7 Å². The molecule has 4 unspecified atom stereocenters. The van der Waals surface area contributed by atoms with Crippen molar-refractivity contribution in [1.29, 1.82) is 0 Å². The minimum Gasteiger partial charge on any atom is -0.377 e. The lowest BCUT2D eigenvalue weighted by Crippen LogP contribution is -2.63. The molecular formula is C38H66N4O3. The van der Waals surface area contributed by atoms with Gasteiger partial charge >= 0.3 is 0 Å². The Bertz CT molecular complexity index is 1030. The molecule has 4 fully saturated rings. The van der Waals surface area contributed by atoms with Crippen LogP contribution in [0.4, 0.5) is 0 Å². The maximum absolute atomic E-state index is 6.87. The molecule has 7 heteroatoms. The highest BCUT2D eigenvalue weighted by Crippen LogP contribution is 2.69. The van der Waals surface area contributed by atoms with Gasteiger partial charge in [-0.2, -0.15) is 0 Å². The smallest absolute Gasteiger partial charge is 0.0637 e. The molecule has 7 nitrogen and oxygen atoms in total. The molecule has 0 radical (unpaired) electrons. The second kappa shape index (κ2) is 15.9. The predicted molar refractivity (Wildman–Crippen MR) is 184 cm³/mol. The molecule has 1 aromatic rings. The van der Waals surface area contributed by atoms with Crippen LogP contribution in [0.25, 0.3) is 0 Å². The van der Waals surface area contributed by atoms with E-state index in [1.807, 2.05) is 0 Å². The van der Waals surface area contributed by atoms with Gasteiger partial charge in [-0.25, -0.2) is 0 Å². The molecule has 4 saturated carbocycles. The Morgan fingerprint density at radius 3 is 2.31 bits per heavy atom. The van der Waals surface area contributed by atoms with E-state index in [4.69, 9.17) is 31.4 Å². The highest BCUT2D eigenvalue weighted by molar-refractivity contribution is 5.16. The first-order chi connectivity index (χ1) is 21.8.